The standard InChI is InChI=1S/C25H30FN3O2/c1-2-22(20-12-11-18-7-3-4-8-19(18)17-20)27-24(30)25(31)29-15-13-28(14-16-29)23-10-6-5-9-21(23)26/h5-6,9-12,17,22H,2-4,7-8,13-16H2,1H3,(H,27,30). The van der Waals surface area contributed by atoms with E-state index < -0.39 is 11.8 Å². The molecule has 1 N–H and O–H groups in total. The van der Waals surface area contributed by atoms with Crippen molar-refractivity contribution in [2.75, 3.05) is 31.1 Å². The third-order valence-electron chi connectivity index (χ3n) is 6.44. The van der Waals surface area contributed by atoms with Crippen molar-refractivity contribution in [3.05, 3.63) is 65.0 Å². The zero-order chi connectivity index (χ0) is 21.8. The first-order valence-electron chi connectivity index (χ1n) is 11.3. The maximum Gasteiger partial charge on any atom is 0.312 e. The molecule has 1 fully saturated rings. The lowest BCUT2D eigenvalue weighted by Crippen LogP contribution is -2.53. The summed E-state index contributed by atoms with van der Waals surface area (Å²) in [7, 11) is 0. The molecule has 1 aliphatic carbocycles. The molecular formula is C25H30FN3O2. The van der Waals surface area contributed by atoms with Crippen molar-refractivity contribution in [1.82, 2.24) is 10.2 Å². The number of carbonyl (C=O) groups excluding carboxylic acids is 2. The van der Waals surface area contributed by atoms with E-state index in [0.29, 0.717) is 31.9 Å². The van der Waals surface area contributed by atoms with Crippen LogP contribution >= 0.6 is 0 Å². The summed E-state index contributed by atoms with van der Waals surface area (Å²) in [5, 5.41) is 2.94. The van der Waals surface area contributed by atoms with Gasteiger partial charge in [-0.1, -0.05) is 37.3 Å². The third-order valence-corrected chi connectivity index (χ3v) is 6.44. The topological polar surface area (TPSA) is 52.7 Å². The molecule has 4 rings (SSSR count). The minimum atomic E-state index is -0.566. The lowest BCUT2D eigenvalue weighted by molar-refractivity contribution is -0.146. The Bertz CT molecular complexity index is 954. The van der Waals surface area contributed by atoms with Gasteiger partial charge < -0.3 is 15.1 Å². The van der Waals surface area contributed by atoms with Gasteiger partial charge in [-0.2, -0.15) is 0 Å². The highest BCUT2D eigenvalue weighted by molar-refractivity contribution is 6.35. The molecule has 1 aliphatic heterocycles. The molecule has 1 saturated heterocycles. The van der Waals surface area contributed by atoms with E-state index in [0.717, 1.165) is 24.8 Å². The second-order valence-electron chi connectivity index (χ2n) is 8.40. The number of amides is 2. The molecule has 0 spiro atoms. The van der Waals surface area contributed by atoms with Gasteiger partial charge >= 0.3 is 11.8 Å². The number of benzene rings is 2. The Morgan fingerprint density at radius 2 is 1.71 bits per heavy atom. The van der Waals surface area contributed by atoms with Crippen LogP contribution in [0.1, 0.15) is 48.9 Å². The molecular weight excluding hydrogens is 393 g/mol. The van der Waals surface area contributed by atoms with Crippen LogP contribution in [-0.4, -0.2) is 42.9 Å². The smallest absolute Gasteiger partial charge is 0.312 e. The number of fused-ring (bicyclic) bond motifs is 1. The van der Waals surface area contributed by atoms with E-state index in [2.05, 4.69) is 23.5 Å². The highest BCUT2D eigenvalue weighted by atomic mass is 19.1. The molecule has 164 valence electrons. The average Bonchev–Trinajstić information content (AvgIpc) is 2.82. The van der Waals surface area contributed by atoms with Gasteiger partial charge in [0.15, 0.2) is 0 Å². The largest absolute Gasteiger partial charge is 0.366 e. The molecule has 31 heavy (non-hydrogen) atoms. The van der Waals surface area contributed by atoms with E-state index in [1.165, 1.54) is 30.0 Å². The third kappa shape index (κ3) is 4.73. The maximum absolute atomic E-state index is 14.0. The van der Waals surface area contributed by atoms with Crippen LogP contribution in [0.3, 0.4) is 0 Å². The molecule has 1 heterocycles. The van der Waals surface area contributed by atoms with Gasteiger partial charge in [0.05, 0.1) is 11.7 Å². The van der Waals surface area contributed by atoms with E-state index in [4.69, 9.17) is 0 Å². The van der Waals surface area contributed by atoms with Crippen LogP contribution in [0.15, 0.2) is 42.5 Å². The fourth-order valence-corrected chi connectivity index (χ4v) is 4.61. The molecule has 1 unspecified atom stereocenters. The second-order valence-corrected chi connectivity index (χ2v) is 8.40. The zero-order valence-electron chi connectivity index (χ0n) is 18.1. The van der Waals surface area contributed by atoms with Crippen molar-refractivity contribution in [2.45, 2.75) is 45.1 Å². The number of carbonyl (C=O) groups is 2. The Morgan fingerprint density at radius 1 is 1.00 bits per heavy atom. The average molecular weight is 424 g/mol. The lowest BCUT2D eigenvalue weighted by Gasteiger charge is -2.36. The van der Waals surface area contributed by atoms with E-state index in [1.54, 1.807) is 23.1 Å². The summed E-state index contributed by atoms with van der Waals surface area (Å²) in [6.45, 7) is 3.82. The van der Waals surface area contributed by atoms with Crippen LogP contribution in [0.2, 0.25) is 0 Å². The van der Waals surface area contributed by atoms with E-state index in [1.807, 2.05) is 11.8 Å². The van der Waals surface area contributed by atoms with Crippen LogP contribution in [0.4, 0.5) is 10.1 Å². The van der Waals surface area contributed by atoms with E-state index >= 15 is 0 Å². The molecule has 2 amide bonds. The van der Waals surface area contributed by atoms with Gasteiger partial charge in [-0.15, -0.1) is 0 Å². The molecule has 0 saturated carbocycles. The molecule has 0 bridgehead atoms. The number of halogens is 1. The van der Waals surface area contributed by atoms with E-state index in [9.17, 15) is 14.0 Å². The van der Waals surface area contributed by atoms with Gasteiger partial charge in [0.2, 0.25) is 0 Å². The number of nitrogens with zero attached hydrogens (tertiary/aromatic N) is 2. The zero-order valence-corrected chi connectivity index (χ0v) is 18.1. The van der Waals surface area contributed by atoms with Gasteiger partial charge in [-0.25, -0.2) is 4.39 Å². The maximum atomic E-state index is 14.0. The van der Waals surface area contributed by atoms with Gasteiger partial charge in [0.1, 0.15) is 5.82 Å². The van der Waals surface area contributed by atoms with Crippen molar-refractivity contribution in [1.29, 1.82) is 0 Å². The number of piperazine rings is 1. The van der Waals surface area contributed by atoms with Crippen LogP contribution in [0.5, 0.6) is 0 Å². The number of aryl methyl sites for hydroxylation is 2. The molecule has 0 radical (unpaired) electrons. The quantitative estimate of drug-likeness (QED) is 0.765. The number of nitrogens with one attached hydrogen (secondary N) is 1. The predicted octanol–water partition coefficient (Wildman–Crippen LogP) is 3.62. The van der Waals surface area contributed by atoms with Crippen LogP contribution in [0, 0.1) is 5.82 Å². The SMILES string of the molecule is CCC(NC(=O)C(=O)N1CCN(c2ccccc2F)CC1)c1ccc2c(c1)CCCC2. The van der Waals surface area contributed by atoms with Crippen LogP contribution < -0.4 is 10.2 Å². The number of hydrogen-bond donors (Lipinski definition) is 1. The Balaban J connectivity index is 1.36. The first-order valence-corrected chi connectivity index (χ1v) is 11.3. The fraction of sp³-hybridized carbons (Fsp3) is 0.440. The van der Waals surface area contributed by atoms with Crippen molar-refractivity contribution in [3.8, 4) is 0 Å². The van der Waals surface area contributed by atoms with Crippen molar-refractivity contribution >= 4 is 17.5 Å². The summed E-state index contributed by atoms with van der Waals surface area (Å²) < 4.78 is 14.0. The summed E-state index contributed by atoms with van der Waals surface area (Å²) in [4.78, 5) is 28.9. The van der Waals surface area contributed by atoms with E-state index in [-0.39, 0.29) is 11.9 Å². The summed E-state index contributed by atoms with van der Waals surface area (Å²) in [5.74, 6) is -1.34. The van der Waals surface area contributed by atoms with Crippen molar-refractivity contribution in [3.63, 3.8) is 0 Å². The number of rotatable bonds is 4. The molecule has 0 aromatic heterocycles. The Labute approximate surface area is 183 Å². The monoisotopic (exact) mass is 423 g/mol. The molecule has 2 aromatic carbocycles. The lowest BCUT2D eigenvalue weighted by atomic mass is 9.89. The minimum Gasteiger partial charge on any atom is -0.366 e. The molecule has 6 heteroatoms. The number of anilines is 1. The minimum absolute atomic E-state index is 0.177. The highest BCUT2D eigenvalue weighted by Gasteiger charge is 2.28. The Morgan fingerprint density at radius 3 is 2.42 bits per heavy atom. The fourth-order valence-electron chi connectivity index (χ4n) is 4.61. The van der Waals surface area contributed by atoms with Gasteiger partial charge in [-0.05, 0) is 60.9 Å². The number of hydrogen-bond acceptors (Lipinski definition) is 3. The van der Waals surface area contributed by atoms with Crippen molar-refractivity contribution < 1.29 is 14.0 Å². The summed E-state index contributed by atoms with van der Waals surface area (Å²) in [6, 6.07) is 12.9. The highest BCUT2D eigenvalue weighted by Crippen LogP contribution is 2.26. The first kappa shape index (κ1) is 21.3. The van der Waals surface area contributed by atoms with Crippen LogP contribution in [-0.2, 0) is 22.4 Å². The Kier molecular flexibility index (Phi) is 6.54. The molecule has 2 aromatic rings. The molecule has 2 aliphatic rings. The molecule has 1 atom stereocenters. The second kappa shape index (κ2) is 9.50. The van der Waals surface area contributed by atoms with Gasteiger partial charge in [0, 0.05) is 26.2 Å². The Hall–Kier alpha value is -2.89. The summed E-state index contributed by atoms with van der Waals surface area (Å²) in [6.07, 6.45) is 5.36. The summed E-state index contributed by atoms with van der Waals surface area (Å²) >= 11 is 0. The van der Waals surface area contributed by atoms with Gasteiger partial charge in [0.25, 0.3) is 0 Å². The van der Waals surface area contributed by atoms with Gasteiger partial charge in [-0.3, -0.25) is 9.59 Å². The first-order chi connectivity index (χ1) is 15.1. The predicted molar refractivity (Wildman–Crippen MR) is 119 cm³/mol. The summed E-state index contributed by atoms with van der Waals surface area (Å²) in [5.41, 5.74) is 4.37. The van der Waals surface area contributed by atoms with Crippen LogP contribution in [0.25, 0.3) is 0 Å². The normalized spacial score (nSPS) is 17.1. The van der Waals surface area contributed by atoms with Crippen molar-refractivity contribution in [2.24, 2.45) is 0 Å². The number of para-hydroxylation sites is 1. The molecule has 5 nitrogen and oxygen atoms in total.